The quantitative estimate of drug-likeness (QED) is 0.862. The highest BCUT2D eigenvalue weighted by Crippen LogP contribution is 2.15. The third kappa shape index (κ3) is 2.79. The van der Waals surface area contributed by atoms with Gasteiger partial charge in [0.1, 0.15) is 5.82 Å². The maximum Gasteiger partial charge on any atom is 0.224 e. The van der Waals surface area contributed by atoms with Crippen molar-refractivity contribution >= 4 is 17.4 Å². The Balaban J connectivity index is 2.13. The second-order valence-corrected chi connectivity index (χ2v) is 4.49. The molecule has 5 nitrogen and oxygen atoms in total. The molecule has 2 aromatic rings. The summed E-state index contributed by atoms with van der Waals surface area (Å²) in [4.78, 5) is 8.10. The summed E-state index contributed by atoms with van der Waals surface area (Å²) in [5.41, 5.74) is 3.25. The molecule has 0 radical (unpaired) electrons. The molecular weight excluding hydrogens is 250 g/mol. The smallest absolute Gasteiger partial charge is 0.224 e. The van der Waals surface area contributed by atoms with Crippen LogP contribution in [0.25, 0.3) is 0 Å². The summed E-state index contributed by atoms with van der Waals surface area (Å²) in [6, 6.07) is 0. The second kappa shape index (κ2) is 5.35. The van der Waals surface area contributed by atoms with Crippen molar-refractivity contribution in [1.82, 2.24) is 19.7 Å². The Hall–Kier alpha value is -1.62. The zero-order valence-electron chi connectivity index (χ0n) is 10.7. The molecule has 2 aromatic heterocycles. The van der Waals surface area contributed by atoms with E-state index in [1.807, 2.05) is 24.9 Å². The molecule has 0 amide bonds. The van der Waals surface area contributed by atoms with Crippen LogP contribution in [0, 0.1) is 6.92 Å². The second-order valence-electron chi connectivity index (χ2n) is 4.15. The van der Waals surface area contributed by atoms with E-state index in [9.17, 15) is 0 Å². The molecule has 0 aliphatic rings. The van der Waals surface area contributed by atoms with E-state index >= 15 is 0 Å². The summed E-state index contributed by atoms with van der Waals surface area (Å²) in [6.07, 6.45) is 4.65. The monoisotopic (exact) mass is 265 g/mol. The first-order valence-corrected chi connectivity index (χ1v) is 6.22. The minimum atomic E-state index is 0.255. The Kier molecular flexibility index (Phi) is 3.81. The van der Waals surface area contributed by atoms with Gasteiger partial charge in [0.2, 0.25) is 5.28 Å². The first-order valence-electron chi connectivity index (χ1n) is 5.84. The molecule has 0 unspecified atom stereocenters. The number of aromatic nitrogens is 4. The third-order valence-corrected chi connectivity index (χ3v) is 2.90. The standard InChI is InChI=1S/C12H16ClN5/c1-4-10-9(7-18(3)17-10)6-14-11-8(2)5-15-12(13)16-11/h5,7H,4,6H2,1-3H3,(H,14,15,16). The molecule has 0 saturated carbocycles. The molecule has 0 fully saturated rings. The van der Waals surface area contributed by atoms with E-state index in [1.165, 1.54) is 5.56 Å². The first kappa shape index (κ1) is 12.8. The molecule has 1 N–H and O–H groups in total. The van der Waals surface area contributed by atoms with E-state index in [1.54, 1.807) is 6.20 Å². The van der Waals surface area contributed by atoms with Gasteiger partial charge in [0.05, 0.1) is 5.69 Å². The number of hydrogen-bond acceptors (Lipinski definition) is 4. The van der Waals surface area contributed by atoms with E-state index in [2.05, 4.69) is 27.3 Å². The van der Waals surface area contributed by atoms with Gasteiger partial charge in [-0.15, -0.1) is 0 Å². The van der Waals surface area contributed by atoms with Crippen LogP contribution in [0.1, 0.15) is 23.7 Å². The van der Waals surface area contributed by atoms with Gasteiger partial charge < -0.3 is 5.32 Å². The van der Waals surface area contributed by atoms with Gasteiger partial charge in [0.15, 0.2) is 0 Å². The Morgan fingerprint density at radius 3 is 2.94 bits per heavy atom. The molecular formula is C12H16ClN5. The lowest BCUT2D eigenvalue weighted by atomic mass is 10.2. The van der Waals surface area contributed by atoms with Crippen LogP contribution >= 0.6 is 11.6 Å². The van der Waals surface area contributed by atoms with Gasteiger partial charge >= 0.3 is 0 Å². The molecule has 0 aromatic carbocycles. The number of rotatable bonds is 4. The number of aryl methyl sites for hydroxylation is 3. The summed E-state index contributed by atoms with van der Waals surface area (Å²) in [5, 5.41) is 7.92. The summed E-state index contributed by atoms with van der Waals surface area (Å²) >= 11 is 5.78. The summed E-state index contributed by atoms with van der Waals surface area (Å²) < 4.78 is 1.83. The largest absolute Gasteiger partial charge is 0.365 e. The highest BCUT2D eigenvalue weighted by molar-refractivity contribution is 6.28. The summed E-state index contributed by atoms with van der Waals surface area (Å²) in [6.45, 7) is 4.73. The van der Waals surface area contributed by atoms with Gasteiger partial charge in [-0.05, 0) is 24.9 Å². The van der Waals surface area contributed by atoms with E-state index in [4.69, 9.17) is 11.6 Å². The molecule has 0 bridgehead atoms. The van der Waals surface area contributed by atoms with Crippen molar-refractivity contribution in [1.29, 1.82) is 0 Å². The zero-order valence-corrected chi connectivity index (χ0v) is 11.5. The van der Waals surface area contributed by atoms with Crippen molar-refractivity contribution in [2.45, 2.75) is 26.8 Å². The molecule has 96 valence electrons. The number of hydrogen-bond donors (Lipinski definition) is 1. The molecule has 0 spiro atoms. The van der Waals surface area contributed by atoms with Crippen LogP contribution in [0.3, 0.4) is 0 Å². The van der Waals surface area contributed by atoms with Gasteiger partial charge in [0, 0.05) is 37.1 Å². The van der Waals surface area contributed by atoms with Crippen LogP contribution in [-0.4, -0.2) is 19.7 Å². The van der Waals surface area contributed by atoms with Crippen molar-refractivity contribution < 1.29 is 0 Å². The van der Waals surface area contributed by atoms with E-state index in [0.29, 0.717) is 6.54 Å². The van der Waals surface area contributed by atoms with Crippen molar-refractivity contribution in [3.05, 3.63) is 34.5 Å². The fourth-order valence-corrected chi connectivity index (χ4v) is 1.94. The van der Waals surface area contributed by atoms with Gasteiger partial charge in [-0.1, -0.05) is 6.92 Å². The van der Waals surface area contributed by atoms with Crippen molar-refractivity contribution in [2.24, 2.45) is 7.05 Å². The van der Waals surface area contributed by atoms with Crippen molar-refractivity contribution in [3.8, 4) is 0 Å². The van der Waals surface area contributed by atoms with Crippen LogP contribution in [0.5, 0.6) is 0 Å². The molecule has 2 rings (SSSR count). The van der Waals surface area contributed by atoms with Crippen LogP contribution < -0.4 is 5.32 Å². The Morgan fingerprint density at radius 1 is 1.44 bits per heavy atom. The minimum absolute atomic E-state index is 0.255. The highest BCUT2D eigenvalue weighted by Gasteiger charge is 2.07. The number of nitrogens with zero attached hydrogens (tertiary/aromatic N) is 4. The summed E-state index contributed by atoms with van der Waals surface area (Å²) in [5.74, 6) is 0.765. The molecule has 0 saturated heterocycles. The Morgan fingerprint density at radius 2 is 2.22 bits per heavy atom. The predicted octanol–water partition coefficient (Wildman–Crippen LogP) is 2.35. The van der Waals surface area contributed by atoms with Gasteiger partial charge in [0.25, 0.3) is 0 Å². The van der Waals surface area contributed by atoms with Crippen LogP contribution in [0.4, 0.5) is 5.82 Å². The van der Waals surface area contributed by atoms with Gasteiger partial charge in [-0.3, -0.25) is 4.68 Å². The van der Waals surface area contributed by atoms with Crippen molar-refractivity contribution in [3.63, 3.8) is 0 Å². The first-order chi connectivity index (χ1) is 8.60. The fraction of sp³-hybridized carbons (Fsp3) is 0.417. The third-order valence-electron chi connectivity index (χ3n) is 2.72. The van der Waals surface area contributed by atoms with E-state index in [0.717, 1.165) is 23.5 Å². The average molecular weight is 266 g/mol. The molecule has 0 aliphatic heterocycles. The number of anilines is 1. The summed E-state index contributed by atoms with van der Waals surface area (Å²) in [7, 11) is 1.93. The fourth-order valence-electron chi connectivity index (χ4n) is 1.81. The topological polar surface area (TPSA) is 55.6 Å². The van der Waals surface area contributed by atoms with E-state index in [-0.39, 0.29) is 5.28 Å². The lowest BCUT2D eigenvalue weighted by molar-refractivity contribution is 0.746. The van der Waals surface area contributed by atoms with Crippen LogP contribution in [-0.2, 0) is 20.0 Å². The normalized spacial score (nSPS) is 10.7. The molecule has 2 heterocycles. The van der Waals surface area contributed by atoms with Crippen LogP contribution in [0.15, 0.2) is 12.4 Å². The van der Waals surface area contributed by atoms with Crippen LogP contribution in [0.2, 0.25) is 5.28 Å². The average Bonchev–Trinajstić information content (AvgIpc) is 2.71. The lowest BCUT2D eigenvalue weighted by Crippen LogP contribution is -2.05. The number of nitrogens with one attached hydrogen (secondary N) is 1. The molecule has 18 heavy (non-hydrogen) atoms. The molecule has 6 heteroatoms. The highest BCUT2D eigenvalue weighted by atomic mass is 35.5. The minimum Gasteiger partial charge on any atom is -0.365 e. The Bertz CT molecular complexity index is 549. The predicted molar refractivity (Wildman–Crippen MR) is 71.7 cm³/mol. The van der Waals surface area contributed by atoms with E-state index < -0.39 is 0 Å². The SMILES string of the molecule is CCc1nn(C)cc1CNc1nc(Cl)ncc1C. The van der Waals surface area contributed by atoms with Gasteiger partial charge in [-0.25, -0.2) is 9.97 Å². The van der Waals surface area contributed by atoms with Crippen molar-refractivity contribution in [2.75, 3.05) is 5.32 Å². The Labute approximate surface area is 111 Å². The van der Waals surface area contributed by atoms with Gasteiger partial charge in [-0.2, -0.15) is 5.10 Å². The lowest BCUT2D eigenvalue weighted by Gasteiger charge is -2.07. The maximum atomic E-state index is 5.78. The number of halogens is 1. The molecule has 0 atom stereocenters. The zero-order chi connectivity index (χ0) is 13.1. The maximum absolute atomic E-state index is 5.78. The molecule has 0 aliphatic carbocycles.